The van der Waals surface area contributed by atoms with E-state index in [2.05, 4.69) is 16.1 Å². The van der Waals surface area contributed by atoms with Crippen molar-refractivity contribution in [3.63, 3.8) is 0 Å². The second-order valence-electron chi connectivity index (χ2n) is 8.38. The van der Waals surface area contributed by atoms with Crippen molar-refractivity contribution in [2.75, 3.05) is 19.5 Å². The quantitative estimate of drug-likeness (QED) is 0.493. The molecule has 3 aromatic rings. The van der Waals surface area contributed by atoms with E-state index < -0.39 is 23.4 Å². The van der Waals surface area contributed by atoms with Crippen LogP contribution in [-0.4, -0.2) is 30.7 Å². The molecule has 0 fully saturated rings. The molecule has 3 N–H and O–H groups in total. The highest BCUT2D eigenvalue weighted by atomic mass is 32.1. The van der Waals surface area contributed by atoms with Crippen LogP contribution in [0.5, 0.6) is 5.75 Å². The molecule has 0 spiro atoms. The summed E-state index contributed by atoms with van der Waals surface area (Å²) in [7, 11) is 2.73. The van der Waals surface area contributed by atoms with Crippen LogP contribution in [-0.2, 0) is 14.3 Å². The number of ether oxygens (including phenoxy) is 2. The number of anilines is 1. The lowest BCUT2D eigenvalue weighted by Gasteiger charge is -2.25. The molecule has 1 aliphatic heterocycles. The number of nitrogens with zero attached hydrogens (tertiary/aromatic N) is 2. The largest absolute Gasteiger partial charge is 0.497 e. The molecule has 0 aliphatic carbocycles. The van der Waals surface area contributed by atoms with Crippen molar-refractivity contribution in [3.8, 4) is 11.8 Å². The van der Waals surface area contributed by atoms with Crippen LogP contribution in [0.2, 0.25) is 0 Å². The van der Waals surface area contributed by atoms with E-state index in [4.69, 9.17) is 10.5 Å². The van der Waals surface area contributed by atoms with Gasteiger partial charge in [-0.15, -0.1) is 11.3 Å². The highest BCUT2D eigenvalue weighted by Gasteiger charge is 2.35. The van der Waals surface area contributed by atoms with Gasteiger partial charge < -0.3 is 20.5 Å². The lowest BCUT2D eigenvalue weighted by atomic mass is 9.83. The van der Waals surface area contributed by atoms with E-state index in [1.54, 1.807) is 30.3 Å². The number of esters is 1. The Balaban J connectivity index is 2.04. The number of hydrogen-bond acceptors (Lipinski definition) is 8. The Kier molecular flexibility index (Phi) is 7.00. The number of methoxy groups -OCH3 is 2. The van der Waals surface area contributed by atoms with Gasteiger partial charge in [0.05, 0.1) is 37.4 Å². The van der Waals surface area contributed by atoms with Crippen LogP contribution in [0.3, 0.4) is 0 Å². The van der Waals surface area contributed by atoms with Crippen LogP contribution in [0.4, 0.5) is 5.69 Å². The molecule has 2 heterocycles. The minimum Gasteiger partial charge on any atom is -0.497 e. The normalized spacial score (nSPS) is 15.2. The predicted octanol–water partition coefficient (Wildman–Crippen LogP) is 1.73. The van der Waals surface area contributed by atoms with E-state index in [9.17, 15) is 19.6 Å². The summed E-state index contributed by atoms with van der Waals surface area (Å²) >= 11 is 0.930. The summed E-state index contributed by atoms with van der Waals surface area (Å²) in [4.78, 5) is 39.0. The van der Waals surface area contributed by atoms with E-state index in [1.807, 2.05) is 26.0 Å². The van der Waals surface area contributed by atoms with Gasteiger partial charge >= 0.3 is 5.97 Å². The average Bonchev–Trinajstić information content (AvgIpc) is 3.20. The topological polar surface area (TPSA) is 136 Å². The van der Waals surface area contributed by atoms with Crippen molar-refractivity contribution in [2.24, 2.45) is 5.73 Å². The first-order chi connectivity index (χ1) is 17.7. The second-order valence-corrected chi connectivity index (χ2v) is 9.41. The number of thiazole rings is 1. The summed E-state index contributed by atoms with van der Waals surface area (Å²) in [6.07, 6.45) is 1.04. The van der Waals surface area contributed by atoms with Gasteiger partial charge in [0.2, 0.25) is 0 Å². The van der Waals surface area contributed by atoms with Gasteiger partial charge in [-0.1, -0.05) is 29.8 Å². The number of nitrogens with one attached hydrogen (secondary N) is 1. The number of amides is 1. The third-order valence-corrected chi connectivity index (χ3v) is 7.15. The van der Waals surface area contributed by atoms with Gasteiger partial charge in [0, 0.05) is 11.8 Å². The van der Waals surface area contributed by atoms with Gasteiger partial charge in [-0.25, -0.2) is 4.79 Å². The summed E-state index contributed by atoms with van der Waals surface area (Å²) in [5, 5.41) is 13.0. The Morgan fingerprint density at radius 2 is 1.86 bits per heavy atom. The standard InChI is InChI=1S/C27H24N4O5S/c1-14-5-10-19(15(2)11-14)30-25(33)23-22(16-6-8-17(35-3)9-7-16)18(13-28)24(29)31-26(34)20(37-27(23)31)12-21(32)36-4/h5-12,22H,29H2,1-4H3,(H,30,33). The summed E-state index contributed by atoms with van der Waals surface area (Å²) in [6.45, 7) is 3.82. The van der Waals surface area contributed by atoms with Gasteiger partial charge in [0.15, 0.2) is 0 Å². The molecule has 1 unspecified atom stereocenters. The summed E-state index contributed by atoms with van der Waals surface area (Å²) in [5.41, 5.74) is 8.99. The average molecular weight is 517 g/mol. The molecule has 37 heavy (non-hydrogen) atoms. The van der Waals surface area contributed by atoms with E-state index >= 15 is 0 Å². The lowest BCUT2D eigenvalue weighted by Crippen LogP contribution is -2.40. The van der Waals surface area contributed by atoms with Crippen molar-refractivity contribution in [1.82, 2.24) is 4.57 Å². The number of aromatic nitrogens is 1. The molecule has 1 aromatic heterocycles. The molecule has 0 radical (unpaired) electrons. The van der Waals surface area contributed by atoms with Gasteiger partial charge in [-0.2, -0.15) is 5.26 Å². The molecule has 1 amide bonds. The Hall–Kier alpha value is -4.62. The number of hydrogen-bond donors (Lipinski definition) is 2. The van der Waals surface area contributed by atoms with Crippen molar-refractivity contribution >= 4 is 46.4 Å². The monoisotopic (exact) mass is 516 g/mol. The molecular formula is C27H24N4O5S. The molecule has 0 bridgehead atoms. The third kappa shape index (κ3) is 4.64. The molecule has 9 nitrogen and oxygen atoms in total. The fourth-order valence-electron chi connectivity index (χ4n) is 4.21. The van der Waals surface area contributed by atoms with Crippen molar-refractivity contribution in [3.05, 3.63) is 84.3 Å². The first kappa shape index (κ1) is 25.5. The smallest absolute Gasteiger partial charge is 0.332 e. The number of nitriles is 1. The maximum atomic E-state index is 13.9. The molecule has 1 atom stereocenters. The summed E-state index contributed by atoms with van der Waals surface area (Å²) in [6, 6.07) is 14.6. The second kappa shape index (κ2) is 10.2. The maximum absolute atomic E-state index is 13.9. The number of benzene rings is 2. The number of allylic oxidation sites excluding steroid dienone is 1. The number of nitrogens with two attached hydrogens (primary N) is 1. The molecule has 10 heteroatoms. The van der Waals surface area contributed by atoms with Gasteiger partial charge in [-0.05, 0) is 43.2 Å². The van der Waals surface area contributed by atoms with Gasteiger partial charge in [0.1, 0.15) is 20.8 Å². The molecule has 0 saturated heterocycles. The van der Waals surface area contributed by atoms with Crippen molar-refractivity contribution < 1.29 is 19.1 Å². The highest BCUT2D eigenvalue weighted by Crippen LogP contribution is 2.37. The van der Waals surface area contributed by atoms with Crippen molar-refractivity contribution in [2.45, 2.75) is 19.8 Å². The predicted molar refractivity (Wildman–Crippen MR) is 141 cm³/mol. The Labute approximate surface area is 216 Å². The number of rotatable bonds is 5. The van der Waals surface area contributed by atoms with Crippen LogP contribution >= 0.6 is 11.3 Å². The molecule has 0 saturated carbocycles. The fourth-order valence-corrected chi connectivity index (χ4v) is 5.34. The molecule has 4 rings (SSSR count). The Morgan fingerprint density at radius 1 is 1.16 bits per heavy atom. The minimum atomic E-state index is -0.870. The summed E-state index contributed by atoms with van der Waals surface area (Å²) < 4.78 is 11.3. The molecule has 2 aromatic carbocycles. The van der Waals surface area contributed by atoms with E-state index in [-0.39, 0.29) is 26.2 Å². The summed E-state index contributed by atoms with van der Waals surface area (Å²) in [5.74, 6) is -1.61. The number of carbonyl (C=O) groups excluding carboxylic acids is 2. The zero-order valence-corrected chi connectivity index (χ0v) is 21.4. The third-order valence-electron chi connectivity index (χ3n) is 6.04. The number of aryl methyl sites for hydroxylation is 2. The van der Waals surface area contributed by atoms with Crippen LogP contribution < -0.4 is 30.5 Å². The highest BCUT2D eigenvalue weighted by molar-refractivity contribution is 7.07. The maximum Gasteiger partial charge on any atom is 0.332 e. The van der Waals surface area contributed by atoms with E-state index in [1.165, 1.54) is 14.2 Å². The van der Waals surface area contributed by atoms with E-state index in [0.29, 0.717) is 17.0 Å². The zero-order valence-electron chi connectivity index (χ0n) is 20.6. The SMILES string of the molecule is COC(=O)C=c1sc2n(c1=O)C(N)=C(C#N)C(c1ccc(OC)cc1)C=2C(=O)Nc1ccc(C)cc1C. The van der Waals surface area contributed by atoms with Crippen LogP contribution in [0.15, 0.2) is 52.8 Å². The first-order valence-corrected chi connectivity index (χ1v) is 12.0. The Morgan fingerprint density at radius 3 is 2.46 bits per heavy atom. The van der Waals surface area contributed by atoms with E-state index in [0.717, 1.165) is 33.1 Å². The van der Waals surface area contributed by atoms with Gasteiger partial charge in [0.25, 0.3) is 11.5 Å². The first-order valence-electron chi connectivity index (χ1n) is 11.2. The zero-order chi connectivity index (χ0) is 26.9. The van der Waals surface area contributed by atoms with Crippen molar-refractivity contribution in [1.29, 1.82) is 5.26 Å². The molecule has 188 valence electrons. The van der Waals surface area contributed by atoms with Crippen LogP contribution in [0.1, 0.15) is 22.6 Å². The van der Waals surface area contributed by atoms with Gasteiger partial charge in [-0.3, -0.25) is 14.2 Å². The molecular weight excluding hydrogens is 492 g/mol. The lowest BCUT2D eigenvalue weighted by molar-refractivity contribution is -0.133. The number of fused-ring (bicyclic) bond motifs is 1. The fraction of sp³-hybridized carbons (Fsp3) is 0.185. The molecule has 1 aliphatic rings. The van der Waals surface area contributed by atoms with Crippen LogP contribution in [0.25, 0.3) is 17.5 Å². The minimum absolute atomic E-state index is 0.0225. The van der Waals surface area contributed by atoms with Crippen LogP contribution in [0, 0.1) is 25.2 Å². The Bertz CT molecular complexity index is 1670. The number of carbonyl (C=O) groups is 2.